The summed E-state index contributed by atoms with van der Waals surface area (Å²) in [6.07, 6.45) is 9.98. The van der Waals surface area contributed by atoms with Crippen LogP contribution in [0.1, 0.15) is 51.4 Å². The Bertz CT molecular complexity index is 371. The van der Waals surface area contributed by atoms with E-state index in [0.29, 0.717) is 18.2 Å². The van der Waals surface area contributed by atoms with Gasteiger partial charge >= 0.3 is 0 Å². The monoisotopic (exact) mass is 310 g/mol. The third-order valence-corrected chi connectivity index (χ3v) is 5.56. The van der Waals surface area contributed by atoms with Crippen molar-refractivity contribution in [2.24, 2.45) is 0 Å². The van der Waals surface area contributed by atoms with Crippen LogP contribution >= 0.6 is 0 Å². The van der Waals surface area contributed by atoms with Gasteiger partial charge in [-0.1, -0.05) is 12.8 Å². The number of rotatable bonds is 6. The second-order valence-corrected chi connectivity index (χ2v) is 7.03. The summed E-state index contributed by atoms with van der Waals surface area (Å²) in [5.41, 5.74) is 0. The van der Waals surface area contributed by atoms with Gasteiger partial charge in [0.2, 0.25) is 5.91 Å². The number of nitrogens with zero attached hydrogens (tertiary/aromatic N) is 1. The normalized spacial score (nSPS) is 33.6. The van der Waals surface area contributed by atoms with E-state index < -0.39 is 0 Å². The second kappa shape index (κ2) is 7.75. The average Bonchev–Trinajstić information content (AvgIpc) is 3.26. The van der Waals surface area contributed by atoms with Crippen LogP contribution in [0.5, 0.6) is 0 Å². The van der Waals surface area contributed by atoms with Gasteiger partial charge in [0.05, 0.1) is 12.2 Å². The maximum atomic E-state index is 12.2. The van der Waals surface area contributed by atoms with Crippen LogP contribution in [-0.2, 0) is 14.3 Å². The Balaban J connectivity index is 1.43. The molecule has 2 saturated carbocycles. The van der Waals surface area contributed by atoms with Crippen LogP contribution < -0.4 is 5.32 Å². The summed E-state index contributed by atoms with van der Waals surface area (Å²) >= 11 is 0. The molecule has 0 radical (unpaired) electrons. The molecule has 1 unspecified atom stereocenters. The number of amides is 1. The van der Waals surface area contributed by atoms with Gasteiger partial charge < -0.3 is 14.8 Å². The fourth-order valence-corrected chi connectivity index (χ4v) is 4.29. The molecule has 1 aliphatic heterocycles. The van der Waals surface area contributed by atoms with Gasteiger partial charge in [-0.25, -0.2) is 0 Å². The van der Waals surface area contributed by atoms with E-state index in [9.17, 15) is 4.79 Å². The van der Waals surface area contributed by atoms with Crippen LogP contribution in [-0.4, -0.2) is 61.9 Å². The maximum Gasteiger partial charge on any atom is 0.246 e. The molecule has 3 fully saturated rings. The first-order valence-corrected chi connectivity index (χ1v) is 8.94. The minimum absolute atomic E-state index is 0.0614. The Morgan fingerprint density at radius 1 is 1.09 bits per heavy atom. The van der Waals surface area contributed by atoms with Gasteiger partial charge in [-0.15, -0.1) is 0 Å². The Morgan fingerprint density at radius 2 is 1.91 bits per heavy atom. The SMILES string of the molecule is COC1CCN([C@H]2CCC[C@H]2NC(=O)COC2CCCC2)C1. The highest BCUT2D eigenvalue weighted by molar-refractivity contribution is 5.77. The predicted molar refractivity (Wildman–Crippen MR) is 84.8 cm³/mol. The lowest BCUT2D eigenvalue weighted by Crippen LogP contribution is -2.49. The van der Waals surface area contributed by atoms with Crippen molar-refractivity contribution in [2.75, 3.05) is 26.8 Å². The Hall–Kier alpha value is -0.650. The molecule has 0 spiro atoms. The van der Waals surface area contributed by atoms with Crippen molar-refractivity contribution in [3.05, 3.63) is 0 Å². The van der Waals surface area contributed by atoms with Gasteiger partial charge in [-0.05, 0) is 38.5 Å². The maximum absolute atomic E-state index is 12.2. The summed E-state index contributed by atoms with van der Waals surface area (Å²) in [5, 5.41) is 3.22. The summed E-state index contributed by atoms with van der Waals surface area (Å²) in [6.45, 7) is 2.33. The van der Waals surface area contributed by atoms with Crippen molar-refractivity contribution in [2.45, 2.75) is 75.7 Å². The lowest BCUT2D eigenvalue weighted by atomic mass is 10.1. The van der Waals surface area contributed by atoms with Crippen molar-refractivity contribution in [3.63, 3.8) is 0 Å². The van der Waals surface area contributed by atoms with E-state index in [2.05, 4.69) is 10.2 Å². The van der Waals surface area contributed by atoms with E-state index in [0.717, 1.165) is 38.8 Å². The van der Waals surface area contributed by atoms with Crippen molar-refractivity contribution < 1.29 is 14.3 Å². The second-order valence-electron chi connectivity index (χ2n) is 7.03. The highest BCUT2D eigenvalue weighted by atomic mass is 16.5. The summed E-state index contributed by atoms with van der Waals surface area (Å²) in [7, 11) is 1.79. The molecule has 3 aliphatic rings. The quantitative estimate of drug-likeness (QED) is 0.811. The molecule has 22 heavy (non-hydrogen) atoms. The van der Waals surface area contributed by atoms with Gasteiger partial charge in [0.15, 0.2) is 0 Å². The van der Waals surface area contributed by atoms with E-state index in [4.69, 9.17) is 9.47 Å². The lowest BCUT2D eigenvalue weighted by molar-refractivity contribution is -0.128. The third-order valence-electron chi connectivity index (χ3n) is 5.56. The molecule has 1 saturated heterocycles. The van der Waals surface area contributed by atoms with E-state index in [1.54, 1.807) is 7.11 Å². The molecule has 3 rings (SSSR count). The Morgan fingerprint density at radius 3 is 2.64 bits per heavy atom. The van der Waals surface area contributed by atoms with Gasteiger partial charge in [0, 0.05) is 32.3 Å². The highest BCUT2D eigenvalue weighted by Gasteiger charge is 2.36. The first-order chi connectivity index (χ1) is 10.8. The van der Waals surface area contributed by atoms with E-state index in [-0.39, 0.29) is 18.6 Å². The third kappa shape index (κ3) is 4.00. The minimum atomic E-state index is 0.0614. The molecule has 5 nitrogen and oxygen atoms in total. The van der Waals surface area contributed by atoms with Crippen LogP contribution in [0.15, 0.2) is 0 Å². The summed E-state index contributed by atoms with van der Waals surface area (Å²) < 4.78 is 11.2. The minimum Gasteiger partial charge on any atom is -0.380 e. The van der Waals surface area contributed by atoms with Crippen molar-refractivity contribution >= 4 is 5.91 Å². The number of likely N-dealkylation sites (tertiary alicyclic amines) is 1. The largest absolute Gasteiger partial charge is 0.380 e. The smallest absolute Gasteiger partial charge is 0.246 e. The van der Waals surface area contributed by atoms with E-state index in [1.807, 2.05) is 0 Å². The van der Waals surface area contributed by atoms with Gasteiger partial charge in [-0.3, -0.25) is 9.69 Å². The lowest BCUT2D eigenvalue weighted by Gasteiger charge is -2.30. The molecule has 2 aliphatic carbocycles. The number of carbonyl (C=O) groups excluding carboxylic acids is 1. The van der Waals surface area contributed by atoms with Gasteiger partial charge in [0.25, 0.3) is 0 Å². The molecule has 1 amide bonds. The number of nitrogens with one attached hydrogen (secondary N) is 1. The number of carbonyl (C=O) groups is 1. The Kier molecular flexibility index (Phi) is 5.71. The molecular weight excluding hydrogens is 280 g/mol. The van der Waals surface area contributed by atoms with Crippen LogP contribution in [0.25, 0.3) is 0 Å². The molecule has 5 heteroatoms. The summed E-state index contributed by atoms with van der Waals surface area (Å²) in [5.74, 6) is 0.0614. The first-order valence-electron chi connectivity index (χ1n) is 8.94. The molecule has 0 bridgehead atoms. The number of ether oxygens (including phenoxy) is 2. The van der Waals surface area contributed by atoms with Crippen molar-refractivity contribution in [3.8, 4) is 0 Å². The number of methoxy groups -OCH3 is 1. The Labute approximate surface area is 133 Å². The molecule has 1 N–H and O–H groups in total. The molecule has 0 aromatic rings. The summed E-state index contributed by atoms with van der Waals surface area (Å²) in [6, 6.07) is 0.769. The topological polar surface area (TPSA) is 50.8 Å². The fourth-order valence-electron chi connectivity index (χ4n) is 4.29. The molecule has 1 heterocycles. The molecule has 0 aromatic carbocycles. The van der Waals surface area contributed by atoms with E-state index >= 15 is 0 Å². The van der Waals surface area contributed by atoms with Crippen LogP contribution in [0, 0.1) is 0 Å². The van der Waals surface area contributed by atoms with E-state index in [1.165, 1.54) is 25.7 Å². The zero-order chi connectivity index (χ0) is 15.4. The zero-order valence-electron chi connectivity index (χ0n) is 13.8. The van der Waals surface area contributed by atoms with Gasteiger partial charge in [-0.2, -0.15) is 0 Å². The molecule has 0 aromatic heterocycles. The predicted octanol–water partition coefficient (Wildman–Crippen LogP) is 1.70. The van der Waals surface area contributed by atoms with Crippen LogP contribution in [0.3, 0.4) is 0 Å². The standard InChI is InChI=1S/C17H30N2O3/c1-21-14-9-10-19(11-14)16-8-4-7-15(16)18-17(20)12-22-13-5-2-3-6-13/h13-16H,2-12H2,1H3,(H,18,20)/t14?,15-,16+/m1/s1. The average molecular weight is 310 g/mol. The van der Waals surface area contributed by atoms with Crippen molar-refractivity contribution in [1.82, 2.24) is 10.2 Å². The van der Waals surface area contributed by atoms with Gasteiger partial charge in [0.1, 0.15) is 6.61 Å². The zero-order valence-corrected chi connectivity index (χ0v) is 13.8. The first kappa shape index (κ1) is 16.2. The highest BCUT2D eigenvalue weighted by Crippen LogP contribution is 2.28. The fraction of sp³-hybridized carbons (Fsp3) is 0.941. The molecule has 3 atom stereocenters. The summed E-state index contributed by atoms with van der Waals surface area (Å²) in [4.78, 5) is 14.7. The number of hydrogen-bond donors (Lipinski definition) is 1. The number of hydrogen-bond acceptors (Lipinski definition) is 4. The van der Waals surface area contributed by atoms with Crippen molar-refractivity contribution in [1.29, 1.82) is 0 Å². The molecular formula is C17H30N2O3. The molecule has 126 valence electrons. The van der Waals surface area contributed by atoms with Crippen LogP contribution in [0.2, 0.25) is 0 Å². The van der Waals surface area contributed by atoms with Crippen LogP contribution in [0.4, 0.5) is 0 Å².